The molecule has 4 amide bonds. The molecular weight excluding hydrogens is 490 g/mol. The first kappa shape index (κ1) is 31.7. The molecule has 0 heterocycles. The van der Waals surface area contributed by atoms with Crippen LogP contribution in [0.3, 0.4) is 0 Å². The Labute approximate surface area is 203 Å². The molecule has 36 heavy (non-hydrogen) atoms. The number of nitrogens with one attached hydrogen (secondary N) is 3. The maximum absolute atomic E-state index is 12.8. The van der Waals surface area contributed by atoms with E-state index in [1.54, 1.807) is 0 Å². The molecule has 0 aliphatic carbocycles. The Morgan fingerprint density at radius 1 is 0.583 bits per heavy atom. The summed E-state index contributed by atoms with van der Waals surface area (Å²) >= 11 is 0. The number of amides is 4. The molecule has 0 spiro atoms. The Hall–Kier alpha value is -4.28. The summed E-state index contributed by atoms with van der Waals surface area (Å²) in [5.41, 5.74) is 10.5. The molecular formula is C19H29N5O12. The lowest BCUT2D eigenvalue weighted by molar-refractivity contribution is -0.143. The molecule has 202 valence electrons. The second kappa shape index (κ2) is 15.6. The van der Waals surface area contributed by atoms with Crippen LogP contribution < -0.4 is 27.4 Å². The topological polar surface area (TPSA) is 306 Å². The second-order valence-electron chi connectivity index (χ2n) is 7.60. The fraction of sp³-hybridized carbons (Fsp3) is 0.579. The van der Waals surface area contributed by atoms with Gasteiger partial charge in [-0.1, -0.05) is 0 Å². The van der Waals surface area contributed by atoms with Crippen LogP contribution in [0.4, 0.5) is 0 Å². The lowest BCUT2D eigenvalue weighted by Crippen LogP contribution is -2.57. The number of carboxylic acids is 4. The highest BCUT2D eigenvalue weighted by molar-refractivity contribution is 5.95. The Morgan fingerprint density at radius 3 is 1.36 bits per heavy atom. The maximum Gasteiger partial charge on any atom is 0.326 e. The third kappa shape index (κ3) is 13.4. The van der Waals surface area contributed by atoms with Crippen LogP contribution in [0, 0.1) is 0 Å². The van der Waals surface area contributed by atoms with Gasteiger partial charge in [-0.2, -0.15) is 0 Å². The quantitative estimate of drug-likeness (QED) is 0.0843. The lowest BCUT2D eigenvalue weighted by atomic mass is 10.1. The van der Waals surface area contributed by atoms with Crippen molar-refractivity contribution in [2.45, 2.75) is 69.1 Å². The van der Waals surface area contributed by atoms with Crippen molar-refractivity contribution in [2.24, 2.45) is 11.5 Å². The number of rotatable bonds is 18. The Bertz CT molecular complexity index is 877. The summed E-state index contributed by atoms with van der Waals surface area (Å²) < 4.78 is 0. The molecule has 0 saturated carbocycles. The number of hydrogen-bond acceptors (Lipinski definition) is 9. The average Bonchev–Trinajstić information content (AvgIpc) is 2.75. The first-order valence-corrected chi connectivity index (χ1v) is 10.5. The highest BCUT2D eigenvalue weighted by Gasteiger charge is 2.31. The van der Waals surface area contributed by atoms with Crippen molar-refractivity contribution in [2.75, 3.05) is 0 Å². The molecule has 0 radical (unpaired) electrons. The number of nitrogens with two attached hydrogens (primary N) is 2. The predicted octanol–water partition coefficient (Wildman–Crippen LogP) is -3.68. The van der Waals surface area contributed by atoms with Gasteiger partial charge in [0.25, 0.3) is 0 Å². The van der Waals surface area contributed by atoms with E-state index in [0.29, 0.717) is 0 Å². The van der Waals surface area contributed by atoms with E-state index in [9.17, 15) is 43.5 Å². The van der Waals surface area contributed by atoms with Gasteiger partial charge in [0.05, 0.1) is 12.5 Å². The number of primary amides is 1. The molecule has 4 atom stereocenters. The Balaban J connectivity index is 5.66. The third-order valence-electron chi connectivity index (χ3n) is 4.59. The second-order valence-corrected chi connectivity index (χ2v) is 7.60. The van der Waals surface area contributed by atoms with Crippen molar-refractivity contribution >= 4 is 47.5 Å². The molecule has 0 aromatic heterocycles. The molecule has 0 fully saturated rings. The van der Waals surface area contributed by atoms with Crippen molar-refractivity contribution < 1.29 is 58.8 Å². The number of hydrogen-bond donors (Lipinski definition) is 9. The van der Waals surface area contributed by atoms with E-state index in [2.05, 4.69) is 10.6 Å². The summed E-state index contributed by atoms with van der Waals surface area (Å²) in [6.45, 7) is 0. The van der Waals surface area contributed by atoms with Gasteiger partial charge < -0.3 is 47.8 Å². The fourth-order valence-corrected chi connectivity index (χ4v) is 2.72. The molecule has 4 unspecified atom stereocenters. The average molecular weight is 519 g/mol. The minimum Gasteiger partial charge on any atom is -0.481 e. The van der Waals surface area contributed by atoms with E-state index in [1.807, 2.05) is 5.32 Å². The standard InChI is InChI=1S/C19H29N5O12/c20-8(7-15(30)31)16(32)22-10(2-5-13(26)27)17(33)23-9(1-4-12(21)25)18(34)24-11(19(35)36)3-6-14(28)29/h8-11H,1-7,20H2,(H2,21,25)(H,22,32)(H,23,33)(H,24,34)(H,26,27)(H,28,29)(H,30,31)(H,35,36). The van der Waals surface area contributed by atoms with Gasteiger partial charge in [-0.3, -0.25) is 33.6 Å². The zero-order valence-corrected chi connectivity index (χ0v) is 19.0. The molecule has 0 aliphatic rings. The van der Waals surface area contributed by atoms with Crippen LogP contribution in [0.5, 0.6) is 0 Å². The molecule has 0 aromatic rings. The minimum atomic E-state index is -1.65. The van der Waals surface area contributed by atoms with Gasteiger partial charge in [0.1, 0.15) is 18.1 Å². The van der Waals surface area contributed by atoms with E-state index < -0.39 is 117 Å². The van der Waals surface area contributed by atoms with Gasteiger partial charge in [-0.15, -0.1) is 0 Å². The summed E-state index contributed by atoms with van der Waals surface area (Å²) in [4.78, 5) is 92.5. The van der Waals surface area contributed by atoms with Crippen LogP contribution in [0.2, 0.25) is 0 Å². The molecule has 17 nitrogen and oxygen atoms in total. The van der Waals surface area contributed by atoms with Gasteiger partial charge in [0, 0.05) is 19.3 Å². The van der Waals surface area contributed by atoms with Gasteiger partial charge in [0.2, 0.25) is 23.6 Å². The van der Waals surface area contributed by atoms with E-state index in [-0.39, 0.29) is 0 Å². The van der Waals surface area contributed by atoms with Crippen molar-refractivity contribution in [3.63, 3.8) is 0 Å². The van der Waals surface area contributed by atoms with Crippen molar-refractivity contribution in [3.05, 3.63) is 0 Å². The number of carbonyl (C=O) groups excluding carboxylic acids is 4. The van der Waals surface area contributed by atoms with Crippen LogP contribution in [0.1, 0.15) is 44.9 Å². The van der Waals surface area contributed by atoms with Crippen molar-refractivity contribution in [1.29, 1.82) is 0 Å². The van der Waals surface area contributed by atoms with Crippen LogP contribution >= 0.6 is 0 Å². The molecule has 11 N–H and O–H groups in total. The number of carboxylic acid groups (broad SMARTS) is 4. The third-order valence-corrected chi connectivity index (χ3v) is 4.59. The van der Waals surface area contributed by atoms with Gasteiger partial charge in [-0.05, 0) is 19.3 Å². The minimum absolute atomic E-state index is 0.420. The maximum atomic E-state index is 12.8. The molecule has 0 rings (SSSR count). The van der Waals surface area contributed by atoms with E-state index in [0.717, 1.165) is 0 Å². The molecule has 0 aromatic carbocycles. The van der Waals surface area contributed by atoms with E-state index >= 15 is 0 Å². The summed E-state index contributed by atoms with van der Waals surface area (Å²) in [5.74, 6) is -9.86. The highest BCUT2D eigenvalue weighted by Crippen LogP contribution is 2.06. The molecule has 17 heteroatoms. The summed E-state index contributed by atoms with van der Waals surface area (Å²) in [7, 11) is 0. The predicted molar refractivity (Wildman–Crippen MR) is 116 cm³/mol. The smallest absolute Gasteiger partial charge is 0.326 e. The molecule has 0 aliphatic heterocycles. The van der Waals surface area contributed by atoms with Gasteiger partial charge >= 0.3 is 23.9 Å². The highest BCUT2D eigenvalue weighted by atomic mass is 16.4. The zero-order chi connectivity index (χ0) is 28.0. The fourth-order valence-electron chi connectivity index (χ4n) is 2.72. The van der Waals surface area contributed by atoms with Crippen LogP contribution in [-0.4, -0.2) is 92.1 Å². The summed E-state index contributed by atoms with van der Waals surface area (Å²) in [5, 5.41) is 41.9. The first-order valence-electron chi connectivity index (χ1n) is 10.5. The zero-order valence-electron chi connectivity index (χ0n) is 19.0. The van der Waals surface area contributed by atoms with Crippen LogP contribution in [-0.2, 0) is 38.4 Å². The number of carbonyl (C=O) groups is 8. The Kier molecular flexibility index (Phi) is 13.7. The lowest BCUT2D eigenvalue weighted by Gasteiger charge is -2.24. The van der Waals surface area contributed by atoms with Crippen molar-refractivity contribution in [3.8, 4) is 0 Å². The largest absolute Gasteiger partial charge is 0.481 e. The van der Waals surface area contributed by atoms with Gasteiger partial charge in [0.15, 0.2) is 0 Å². The van der Waals surface area contributed by atoms with Crippen LogP contribution in [0.25, 0.3) is 0 Å². The summed E-state index contributed by atoms with van der Waals surface area (Å²) in [6.07, 6.45) is -3.87. The number of aliphatic carboxylic acids is 4. The van der Waals surface area contributed by atoms with E-state index in [4.69, 9.17) is 26.8 Å². The van der Waals surface area contributed by atoms with E-state index in [1.165, 1.54) is 0 Å². The van der Waals surface area contributed by atoms with Crippen LogP contribution in [0.15, 0.2) is 0 Å². The summed E-state index contributed by atoms with van der Waals surface area (Å²) in [6, 6.07) is -6.42. The van der Waals surface area contributed by atoms with Gasteiger partial charge in [-0.25, -0.2) is 4.79 Å². The molecule has 0 bridgehead atoms. The Morgan fingerprint density at radius 2 is 0.972 bits per heavy atom. The normalized spacial score (nSPS) is 13.8. The first-order chi connectivity index (χ1) is 16.6. The SMILES string of the molecule is NC(=O)CCC(NC(=O)C(CCC(=O)O)NC(=O)C(N)CC(=O)O)C(=O)NC(CCC(=O)O)C(=O)O. The van der Waals surface area contributed by atoms with Crippen molar-refractivity contribution in [1.82, 2.24) is 16.0 Å². The monoisotopic (exact) mass is 519 g/mol. The molecule has 0 saturated heterocycles.